The molecule has 6 nitrogen and oxygen atoms in total. The van der Waals surface area contributed by atoms with Crippen molar-refractivity contribution in [2.45, 2.75) is 19.8 Å². The Balaban J connectivity index is 1.75. The van der Waals surface area contributed by atoms with E-state index in [1.54, 1.807) is 18.2 Å². The molecule has 2 N–H and O–H groups in total. The summed E-state index contributed by atoms with van der Waals surface area (Å²) in [4.78, 5) is 12.1. The minimum absolute atomic E-state index is 0.0875. The normalized spacial score (nSPS) is 13.4. The van der Waals surface area contributed by atoms with E-state index < -0.39 is 21.9 Å². The van der Waals surface area contributed by atoms with Crippen LogP contribution in [0, 0.1) is 5.82 Å². The molecule has 0 saturated carbocycles. The SMILES string of the molecule is CCCS(=O)(=O)N1CCc2ccc(NC(=O)Nc3cccc(F)c3)cc21. The second-order valence-corrected chi connectivity index (χ2v) is 8.08. The molecule has 0 aromatic heterocycles. The zero-order chi connectivity index (χ0) is 18.7. The van der Waals surface area contributed by atoms with Crippen molar-refractivity contribution in [1.82, 2.24) is 0 Å². The number of sulfonamides is 1. The average molecular weight is 377 g/mol. The first kappa shape index (κ1) is 18.2. The van der Waals surface area contributed by atoms with Gasteiger partial charge in [0.25, 0.3) is 0 Å². The van der Waals surface area contributed by atoms with E-state index in [0.717, 1.165) is 5.56 Å². The first-order valence-electron chi connectivity index (χ1n) is 8.36. The zero-order valence-electron chi connectivity index (χ0n) is 14.3. The molecule has 0 radical (unpaired) electrons. The van der Waals surface area contributed by atoms with Crippen molar-refractivity contribution >= 4 is 33.1 Å². The maximum absolute atomic E-state index is 13.2. The number of hydrogen-bond acceptors (Lipinski definition) is 3. The molecular formula is C18H20FN3O3S. The molecule has 1 aliphatic rings. The lowest BCUT2D eigenvalue weighted by molar-refractivity contribution is 0.262. The van der Waals surface area contributed by atoms with Crippen LogP contribution in [0.15, 0.2) is 42.5 Å². The molecule has 2 aromatic carbocycles. The number of halogens is 1. The third kappa shape index (κ3) is 3.96. The molecule has 0 spiro atoms. The summed E-state index contributed by atoms with van der Waals surface area (Å²) in [5.41, 5.74) is 2.33. The van der Waals surface area contributed by atoms with Crippen molar-refractivity contribution in [2.24, 2.45) is 0 Å². The van der Waals surface area contributed by atoms with Crippen molar-refractivity contribution in [3.05, 3.63) is 53.8 Å². The van der Waals surface area contributed by atoms with Gasteiger partial charge in [-0.15, -0.1) is 0 Å². The quantitative estimate of drug-likeness (QED) is 0.836. The van der Waals surface area contributed by atoms with E-state index in [0.29, 0.717) is 36.4 Å². The Hall–Kier alpha value is -2.61. The topological polar surface area (TPSA) is 78.5 Å². The van der Waals surface area contributed by atoms with E-state index in [9.17, 15) is 17.6 Å². The molecule has 1 aliphatic heterocycles. The van der Waals surface area contributed by atoms with Gasteiger partial charge in [0, 0.05) is 17.9 Å². The maximum Gasteiger partial charge on any atom is 0.323 e. The van der Waals surface area contributed by atoms with Crippen molar-refractivity contribution in [1.29, 1.82) is 0 Å². The van der Waals surface area contributed by atoms with Crippen LogP contribution >= 0.6 is 0 Å². The van der Waals surface area contributed by atoms with Gasteiger partial charge in [-0.1, -0.05) is 19.1 Å². The summed E-state index contributed by atoms with van der Waals surface area (Å²) in [5, 5.41) is 5.19. The number of fused-ring (bicyclic) bond motifs is 1. The number of nitrogens with one attached hydrogen (secondary N) is 2. The highest BCUT2D eigenvalue weighted by Crippen LogP contribution is 2.33. The minimum Gasteiger partial charge on any atom is -0.308 e. The third-order valence-corrected chi connectivity index (χ3v) is 6.05. The van der Waals surface area contributed by atoms with Crippen molar-refractivity contribution < 1.29 is 17.6 Å². The molecule has 0 atom stereocenters. The van der Waals surface area contributed by atoms with E-state index >= 15 is 0 Å². The molecule has 0 fully saturated rings. The van der Waals surface area contributed by atoms with Crippen molar-refractivity contribution in [3.8, 4) is 0 Å². The Morgan fingerprint density at radius 2 is 1.88 bits per heavy atom. The van der Waals surface area contributed by atoms with Crippen LogP contribution in [0.3, 0.4) is 0 Å². The molecule has 138 valence electrons. The van der Waals surface area contributed by atoms with Gasteiger partial charge in [0.2, 0.25) is 10.0 Å². The van der Waals surface area contributed by atoms with Crippen LogP contribution in [0.2, 0.25) is 0 Å². The van der Waals surface area contributed by atoms with Crippen molar-refractivity contribution in [3.63, 3.8) is 0 Å². The molecule has 26 heavy (non-hydrogen) atoms. The van der Waals surface area contributed by atoms with E-state index in [4.69, 9.17) is 0 Å². The number of hydrogen-bond donors (Lipinski definition) is 2. The first-order valence-corrected chi connectivity index (χ1v) is 9.97. The lowest BCUT2D eigenvalue weighted by Crippen LogP contribution is -2.31. The molecule has 3 rings (SSSR count). The summed E-state index contributed by atoms with van der Waals surface area (Å²) in [7, 11) is -3.36. The Kier molecular flexibility index (Phi) is 5.13. The highest BCUT2D eigenvalue weighted by molar-refractivity contribution is 7.92. The molecule has 0 saturated heterocycles. The Bertz CT molecular complexity index is 931. The van der Waals surface area contributed by atoms with Gasteiger partial charge in [-0.25, -0.2) is 17.6 Å². The van der Waals surface area contributed by atoms with Gasteiger partial charge in [-0.2, -0.15) is 0 Å². The van der Waals surface area contributed by atoms with Crippen LogP contribution < -0.4 is 14.9 Å². The summed E-state index contributed by atoms with van der Waals surface area (Å²) >= 11 is 0. The monoisotopic (exact) mass is 377 g/mol. The standard InChI is InChI=1S/C18H20FN3O3S/c1-2-10-26(24,25)22-9-8-13-6-7-16(12-17(13)22)21-18(23)20-15-5-3-4-14(19)11-15/h3-7,11-12H,2,8-10H2,1H3,(H2,20,21,23). The molecular weight excluding hydrogens is 357 g/mol. The lowest BCUT2D eigenvalue weighted by Gasteiger charge is -2.19. The average Bonchev–Trinajstić information content (AvgIpc) is 2.98. The number of urea groups is 1. The number of rotatable bonds is 5. The van der Waals surface area contributed by atoms with Gasteiger partial charge in [0.15, 0.2) is 0 Å². The molecule has 2 amide bonds. The Morgan fingerprint density at radius 3 is 2.58 bits per heavy atom. The second kappa shape index (κ2) is 7.33. The fourth-order valence-electron chi connectivity index (χ4n) is 2.94. The number of benzene rings is 2. The van der Waals surface area contributed by atoms with Gasteiger partial charge < -0.3 is 10.6 Å². The van der Waals surface area contributed by atoms with Gasteiger partial charge in [0.05, 0.1) is 11.4 Å². The van der Waals surface area contributed by atoms with Gasteiger partial charge in [0.1, 0.15) is 5.82 Å². The molecule has 8 heteroatoms. The second-order valence-electron chi connectivity index (χ2n) is 6.07. The largest absolute Gasteiger partial charge is 0.323 e. The van der Waals surface area contributed by atoms with Gasteiger partial charge in [-0.3, -0.25) is 4.31 Å². The smallest absolute Gasteiger partial charge is 0.308 e. The summed E-state index contributed by atoms with van der Waals surface area (Å²) < 4.78 is 39.4. The summed E-state index contributed by atoms with van der Waals surface area (Å²) in [5.74, 6) is -0.360. The Labute approximate surface area is 152 Å². The highest BCUT2D eigenvalue weighted by atomic mass is 32.2. The van der Waals surface area contributed by atoms with Crippen LogP contribution in [-0.2, 0) is 16.4 Å². The molecule has 0 bridgehead atoms. The molecule has 1 heterocycles. The van der Waals surface area contributed by atoms with E-state index in [2.05, 4.69) is 10.6 Å². The number of carbonyl (C=O) groups is 1. The first-order chi connectivity index (χ1) is 12.4. The van der Waals surface area contributed by atoms with E-state index in [-0.39, 0.29) is 5.75 Å². The van der Waals surface area contributed by atoms with Crippen molar-refractivity contribution in [2.75, 3.05) is 27.2 Å². The predicted molar refractivity (Wildman–Crippen MR) is 101 cm³/mol. The van der Waals surface area contributed by atoms with Crippen LogP contribution in [0.5, 0.6) is 0 Å². The number of nitrogens with zero attached hydrogens (tertiary/aromatic N) is 1. The third-order valence-electron chi connectivity index (χ3n) is 4.08. The van der Waals surface area contributed by atoms with Gasteiger partial charge in [-0.05, 0) is 48.7 Å². The molecule has 2 aromatic rings. The van der Waals surface area contributed by atoms with Gasteiger partial charge >= 0.3 is 6.03 Å². The lowest BCUT2D eigenvalue weighted by atomic mass is 10.1. The maximum atomic E-state index is 13.2. The predicted octanol–water partition coefficient (Wildman–Crippen LogP) is 3.57. The molecule has 0 unspecified atom stereocenters. The Morgan fingerprint density at radius 1 is 1.15 bits per heavy atom. The van der Waals surface area contributed by atoms with E-state index in [1.165, 1.54) is 22.5 Å². The number of amides is 2. The van der Waals surface area contributed by atoms with Crippen LogP contribution in [0.4, 0.5) is 26.2 Å². The number of carbonyl (C=O) groups excluding carboxylic acids is 1. The van der Waals surface area contributed by atoms with E-state index in [1.807, 2.05) is 13.0 Å². The van der Waals surface area contributed by atoms with Crippen LogP contribution in [-0.4, -0.2) is 26.7 Å². The highest BCUT2D eigenvalue weighted by Gasteiger charge is 2.28. The summed E-state index contributed by atoms with van der Waals surface area (Å²) in [6.07, 6.45) is 1.19. The fourth-order valence-corrected chi connectivity index (χ4v) is 4.52. The van der Waals surface area contributed by atoms with Crippen LogP contribution in [0.1, 0.15) is 18.9 Å². The van der Waals surface area contributed by atoms with Crippen LogP contribution in [0.25, 0.3) is 0 Å². The fraction of sp³-hybridized carbons (Fsp3) is 0.278. The number of anilines is 3. The summed E-state index contributed by atoms with van der Waals surface area (Å²) in [6.45, 7) is 2.24. The minimum atomic E-state index is -3.36. The zero-order valence-corrected chi connectivity index (χ0v) is 15.1. The summed E-state index contributed by atoms with van der Waals surface area (Å²) in [6, 6.07) is 10.2. The molecule has 0 aliphatic carbocycles.